The lowest BCUT2D eigenvalue weighted by Crippen LogP contribution is -2.20. The van der Waals surface area contributed by atoms with Crippen LogP contribution in [-0.4, -0.2) is 38.4 Å². The Morgan fingerprint density at radius 1 is 0.365 bits per heavy atom. The van der Waals surface area contributed by atoms with Crippen molar-refractivity contribution in [3.8, 4) is 23.0 Å². The highest BCUT2D eigenvalue weighted by Crippen LogP contribution is 2.45. The van der Waals surface area contributed by atoms with Crippen molar-refractivity contribution >= 4 is 11.9 Å². The average Bonchev–Trinajstić information content (AvgIpc) is 3.32. The van der Waals surface area contributed by atoms with Gasteiger partial charge in [-0.15, -0.1) is 0 Å². The number of carbonyl (C=O) groups excluding carboxylic acids is 2. The summed E-state index contributed by atoms with van der Waals surface area (Å²) < 4.78 is 38.9. The quantitative estimate of drug-likeness (QED) is 0.0996. The van der Waals surface area contributed by atoms with Gasteiger partial charge >= 0.3 is 11.9 Å². The summed E-state index contributed by atoms with van der Waals surface area (Å²) in [5.74, 6) is 1.95. The Balaban J connectivity index is 1.63. The zero-order valence-electron chi connectivity index (χ0n) is 46.7. The minimum Gasteiger partial charge on any atom is -0.488 e. The highest BCUT2D eigenvalue weighted by molar-refractivity contribution is 5.72. The number of ether oxygens (including phenoxy) is 6. The minimum absolute atomic E-state index is 0.245. The summed E-state index contributed by atoms with van der Waals surface area (Å²) in [4.78, 5) is 26.7. The second-order valence-corrected chi connectivity index (χ2v) is 23.9. The Hall–Kier alpha value is -6.54. The van der Waals surface area contributed by atoms with Gasteiger partial charge in [0.1, 0.15) is 36.2 Å². The van der Waals surface area contributed by atoms with E-state index in [-0.39, 0.29) is 48.1 Å². The first-order valence-corrected chi connectivity index (χ1v) is 26.5. The van der Waals surface area contributed by atoms with Gasteiger partial charge in [-0.25, -0.2) is 9.59 Å². The van der Waals surface area contributed by atoms with E-state index in [2.05, 4.69) is 156 Å². The topological polar surface area (TPSA) is 89.5 Å². The first-order valence-electron chi connectivity index (χ1n) is 26.5. The summed E-state index contributed by atoms with van der Waals surface area (Å²) >= 11 is 0. The Morgan fingerprint density at radius 3 is 0.811 bits per heavy atom. The highest BCUT2D eigenvalue weighted by atomic mass is 16.6. The number of esters is 2. The van der Waals surface area contributed by atoms with E-state index in [0.29, 0.717) is 50.4 Å². The van der Waals surface area contributed by atoms with Crippen molar-refractivity contribution in [3.05, 3.63) is 187 Å². The van der Waals surface area contributed by atoms with Crippen LogP contribution in [0.3, 0.4) is 0 Å². The average molecular weight is 1000 g/mol. The molecule has 74 heavy (non-hydrogen) atoms. The van der Waals surface area contributed by atoms with Crippen molar-refractivity contribution in [2.75, 3.05) is 26.4 Å². The summed E-state index contributed by atoms with van der Waals surface area (Å²) in [6.07, 6.45) is 1.72. The molecule has 0 N–H and O–H groups in total. The van der Waals surface area contributed by atoms with Crippen LogP contribution in [0.15, 0.2) is 109 Å². The molecule has 0 spiro atoms. The van der Waals surface area contributed by atoms with E-state index in [1.807, 2.05) is 50.2 Å². The zero-order valence-corrected chi connectivity index (χ0v) is 46.7. The zero-order chi connectivity index (χ0) is 53.6. The third-order valence-electron chi connectivity index (χ3n) is 13.7. The maximum atomic E-state index is 13.3. The van der Waals surface area contributed by atoms with Crippen LogP contribution < -0.4 is 18.9 Å². The predicted octanol–water partition coefficient (Wildman–Crippen LogP) is 14.6. The fourth-order valence-electron chi connectivity index (χ4n) is 9.49. The Bertz CT molecular complexity index is 2620. The van der Waals surface area contributed by atoms with Crippen molar-refractivity contribution in [1.82, 2.24) is 0 Å². The van der Waals surface area contributed by atoms with E-state index >= 15 is 0 Å². The van der Waals surface area contributed by atoms with Crippen molar-refractivity contribution in [2.24, 2.45) is 0 Å². The summed E-state index contributed by atoms with van der Waals surface area (Å²) in [6.45, 7) is 31.1. The number of benzene rings is 6. The molecular weight excluding hydrogens is 921 g/mol. The van der Waals surface area contributed by atoms with Crippen LogP contribution in [0.4, 0.5) is 0 Å². The van der Waals surface area contributed by atoms with Gasteiger partial charge in [0.15, 0.2) is 13.2 Å². The SMILES string of the molecule is CCOC(=O)COc1c2cc(C(C)(C)C)cc1Cc1cc(C(C)(C)C)cc(c1OCc1ccccc1)Cc1cc(C(C)(C)C)cc(c1OCC(=O)OCC)Cc1cc(C(C)(C)C)cc(c1OCc1ccccc1)C2. The molecule has 0 saturated carbocycles. The lowest BCUT2D eigenvalue weighted by Gasteiger charge is -2.29. The van der Waals surface area contributed by atoms with Gasteiger partial charge in [0.25, 0.3) is 0 Å². The molecule has 6 aromatic rings. The number of hydrogen-bond acceptors (Lipinski definition) is 8. The van der Waals surface area contributed by atoms with E-state index in [0.717, 1.165) is 89.4 Å². The first kappa shape index (κ1) is 55.2. The van der Waals surface area contributed by atoms with Crippen molar-refractivity contribution < 1.29 is 38.0 Å². The lowest BCUT2D eigenvalue weighted by atomic mass is 9.79. The minimum atomic E-state index is -0.434. The van der Waals surface area contributed by atoms with E-state index in [4.69, 9.17) is 28.4 Å². The van der Waals surface area contributed by atoms with Gasteiger partial charge in [0, 0.05) is 25.7 Å². The number of carbonyl (C=O) groups is 2. The fraction of sp³-hybridized carbons (Fsp3) is 0.424. The summed E-state index contributed by atoms with van der Waals surface area (Å²) in [6, 6.07) is 38.6. The molecule has 0 saturated heterocycles. The molecular formula is C66H80O8. The predicted molar refractivity (Wildman–Crippen MR) is 298 cm³/mol. The van der Waals surface area contributed by atoms with Crippen LogP contribution in [-0.2, 0) is 79.6 Å². The maximum absolute atomic E-state index is 13.3. The van der Waals surface area contributed by atoms with E-state index < -0.39 is 11.9 Å². The molecule has 0 radical (unpaired) electrons. The molecule has 7 rings (SSSR count). The first-order chi connectivity index (χ1) is 34.9. The van der Waals surface area contributed by atoms with Crippen LogP contribution in [0.1, 0.15) is 175 Å². The second kappa shape index (κ2) is 22.9. The number of rotatable bonds is 14. The van der Waals surface area contributed by atoms with Gasteiger partial charge in [-0.1, -0.05) is 192 Å². The van der Waals surface area contributed by atoms with Crippen molar-refractivity contribution in [1.29, 1.82) is 0 Å². The van der Waals surface area contributed by atoms with Crippen LogP contribution in [0.25, 0.3) is 0 Å². The van der Waals surface area contributed by atoms with Crippen LogP contribution in [0, 0.1) is 0 Å². The Labute approximate surface area is 442 Å². The van der Waals surface area contributed by atoms with E-state index in [1.54, 1.807) is 0 Å². The third kappa shape index (κ3) is 14.0. The van der Waals surface area contributed by atoms with Crippen LogP contribution in [0.2, 0.25) is 0 Å². The third-order valence-corrected chi connectivity index (χ3v) is 13.7. The fourth-order valence-corrected chi connectivity index (χ4v) is 9.49. The van der Waals surface area contributed by atoms with Crippen LogP contribution in [0.5, 0.6) is 23.0 Å². The van der Waals surface area contributed by atoms with Crippen molar-refractivity contribution in [2.45, 2.75) is 157 Å². The molecule has 0 fully saturated rings. The second-order valence-electron chi connectivity index (χ2n) is 23.9. The Kier molecular flexibility index (Phi) is 17.1. The highest BCUT2D eigenvalue weighted by Gasteiger charge is 2.30. The molecule has 1 aliphatic rings. The molecule has 0 atom stereocenters. The van der Waals surface area contributed by atoms with Crippen LogP contribution >= 0.6 is 0 Å². The lowest BCUT2D eigenvalue weighted by molar-refractivity contribution is -0.146. The molecule has 1 aliphatic carbocycles. The summed E-state index contributed by atoms with van der Waals surface area (Å²) in [5.41, 5.74) is 13.3. The number of fused-ring (bicyclic) bond motifs is 8. The van der Waals surface area contributed by atoms with E-state index in [9.17, 15) is 9.59 Å². The van der Waals surface area contributed by atoms with Crippen molar-refractivity contribution in [3.63, 3.8) is 0 Å². The largest absolute Gasteiger partial charge is 0.488 e. The van der Waals surface area contributed by atoms with Gasteiger partial charge < -0.3 is 28.4 Å². The molecule has 0 aromatic heterocycles. The summed E-state index contributed by atoms with van der Waals surface area (Å²) in [5, 5.41) is 0. The van der Waals surface area contributed by atoms with Gasteiger partial charge in [-0.05, 0) is 113 Å². The molecule has 8 nitrogen and oxygen atoms in total. The standard InChI is InChI=1S/C66H80O8/c1-15-69-57(67)41-73-61-49-27-45-31-53(63(3,4)5)33-47(59(45)71-39-43-23-19-17-20-24-43)29-51-37-56(66(12,13)14)38-52(62(51)74-42-58(68)70-16-2)30-48-34-54(64(6,7)8)32-46(28-50(61)36-55(35-49)65(9,10)11)60(48)72-40-44-25-21-18-22-26-44/h17-26,31-38H,15-16,27-30,39-42H2,1-14H3. The van der Waals surface area contributed by atoms with Gasteiger partial charge in [0.2, 0.25) is 0 Å². The molecule has 0 amide bonds. The Morgan fingerprint density at radius 2 is 0.595 bits per heavy atom. The molecule has 0 aliphatic heterocycles. The maximum Gasteiger partial charge on any atom is 0.344 e. The van der Waals surface area contributed by atoms with Gasteiger partial charge in [-0.3, -0.25) is 0 Å². The summed E-state index contributed by atoms with van der Waals surface area (Å²) in [7, 11) is 0. The molecule has 392 valence electrons. The molecule has 8 heteroatoms. The normalized spacial score (nSPS) is 12.9. The molecule has 0 heterocycles. The molecule has 8 bridgehead atoms. The van der Waals surface area contributed by atoms with Gasteiger partial charge in [0.05, 0.1) is 13.2 Å². The molecule has 6 aromatic carbocycles. The number of hydrogen-bond donors (Lipinski definition) is 0. The smallest absolute Gasteiger partial charge is 0.344 e. The van der Waals surface area contributed by atoms with E-state index in [1.165, 1.54) is 0 Å². The monoisotopic (exact) mass is 1000 g/mol. The molecule has 0 unspecified atom stereocenters. The van der Waals surface area contributed by atoms with Gasteiger partial charge in [-0.2, -0.15) is 0 Å².